The highest BCUT2D eigenvalue weighted by Gasteiger charge is 2.31. The van der Waals surface area contributed by atoms with E-state index in [0.717, 1.165) is 5.56 Å². The second kappa shape index (κ2) is 21.1. The Bertz CT molecular complexity index is 1440. The largest absolute Gasteiger partial charge is 0.482 e. The number of aliphatic carboxylic acids is 1. The van der Waals surface area contributed by atoms with Crippen molar-refractivity contribution < 1.29 is 52.8 Å². The lowest BCUT2D eigenvalue weighted by Crippen LogP contribution is -2.54. The van der Waals surface area contributed by atoms with E-state index in [-0.39, 0.29) is 38.2 Å². The molecule has 1 heterocycles. The Morgan fingerprint density at radius 2 is 0.911 bits per heavy atom. The minimum atomic E-state index is -1.09. The van der Waals surface area contributed by atoms with Gasteiger partial charge < -0.3 is 28.8 Å². The van der Waals surface area contributed by atoms with Crippen LogP contribution in [0.1, 0.15) is 88.6 Å². The molecule has 0 aliphatic carbocycles. The van der Waals surface area contributed by atoms with Gasteiger partial charge in [-0.3, -0.25) is 38.8 Å². The summed E-state index contributed by atoms with van der Waals surface area (Å²) in [4.78, 5) is 72.1. The molecule has 15 nitrogen and oxygen atoms in total. The maximum Gasteiger partial charge on any atom is 0.341 e. The Labute approximate surface area is 333 Å². The number of hydrogen-bond donors (Lipinski definition) is 1. The van der Waals surface area contributed by atoms with Gasteiger partial charge in [-0.15, -0.1) is 0 Å². The molecule has 15 heteroatoms. The van der Waals surface area contributed by atoms with Crippen LogP contribution in [0.25, 0.3) is 0 Å². The number of nitrogens with zero attached hydrogens (tertiary/aromatic N) is 4. The molecule has 1 fully saturated rings. The number of hydrogen-bond acceptors (Lipinski definition) is 14. The molecule has 0 amide bonds. The zero-order valence-corrected chi connectivity index (χ0v) is 35.9. The molecular weight excluding hydrogens is 724 g/mol. The van der Waals surface area contributed by atoms with Gasteiger partial charge in [0.05, 0.1) is 26.2 Å². The summed E-state index contributed by atoms with van der Waals surface area (Å²) in [5.74, 6) is -2.31. The smallest absolute Gasteiger partial charge is 0.341 e. The molecule has 1 aromatic rings. The molecule has 1 N–H and O–H groups in total. The van der Waals surface area contributed by atoms with Crippen molar-refractivity contribution in [3.63, 3.8) is 0 Å². The van der Waals surface area contributed by atoms with E-state index in [9.17, 15) is 24.0 Å². The normalized spacial score (nSPS) is 17.9. The van der Waals surface area contributed by atoms with E-state index < -0.39 is 52.9 Å². The minimum absolute atomic E-state index is 0.00230. The van der Waals surface area contributed by atoms with Gasteiger partial charge in [-0.2, -0.15) is 0 Å². The van der Waals surface area contributed by atoms with Gasteiger partial charge in [-0.1, -0.05) is 12.1 Å². The molecule has 1 aliphatic rings. The first-order valence-electron chi connectivity index (χ1n) is 19.4. The van der Waals surface area contributed by atoms with E-state index in [4.69, 9.17) is 28.8 Å². The van der Waals surface area contributed by atoms with Crippen molar-refractivity contribution in [1.82, 2.24) is 19.6 Å². The van der Waals surface area contributed by atoms with Crippen molar-refractivity contribution >= 4 is 29.8 Å². The van der Waals surface area contributed by atoms with Crippen LogP contribution in [-0.4, -0.2) is 162 Å². The number of benzene rings is 1. The molecule has 1 unspecified atom stereocenters. The Morgan fingerprint density at radius 1 is 0.554 bits per heavy atom. The van der Waals surface area contributed by atoms with Gasteiger partial charge in [-0.05, 0) is 107 Å². The fourth-order valence-corrected chi connectivity index (χ4v) is 5.96. The van der Waals surface area contributed by atoms with Crippen LogP contribution in [0, 0.1) is 0 Å². The molecule has 0 saturated carbocycles. The van der Waals surface area contributed by atoms with E-state index in [1.165, 1.54) is 0 Å². The van der Waals surface area contributed by atoms with Crippen LogP contribution in [0.4, 0.5) is 0 Å². The molecular formula is C41H68N4O11. The second-order valence-electron chi connectivity index (χ2n) is 18.3. The third-order valence-corrected chi connectivity index (χ3v) is 7.98. The summed E-state index contributed by atoms with van der Waals surface area (Å²) < 4.78 is 28.2. The van der Waals surface area contributed by atoms with Gasteiger partial charge in [0.25, 0.3) is 0 Å². The fraction of sp³-hybridized carbons (Fsp3) is 0.732. The van der Waals surface area contributed by atoms with E-state index in [0.29, 0.717) is 58.0 Å². The first kappa shape index (κ1) is 48.4. The quantitative estimate of drug-likeness (QED) is 0.227. The maximum atomic E-state index is 13.5. The maximum absolute atomic E-state index is 13.5. The zero-order valence-electron chi connectivity index (χ0n) is 35.9. The van der Waals surface area contributed by atoms with Crippen LogP contribution in [-0.2, 0) is 49.3 Å². The topological polar surface area (TPSA) is 165 Å². The number of ether oxygens (including phenoxy) is 5. The molecule has 1 atom stereocenters. The summed E-state index contributed by atoms with van der Waals surface area (Å²) >= 11 is 0. The number of rotatable bonds is 13. The predicted molar refractivity (Wildman–Crippen MR) is 211 cm³/mol. The van der Waals surface area contributed by atoms with Crippen LogP contribution in [0.5, 0.6) is 5.75 Å². The summed E-state index contributed by atoms with van der Waals surface area (Å²) in [6, 6.07) is 6.71. The molecule has 318 valence electrons. The van der Waals surface area contributed by atoms with Gasteiger partial charge in [0.15, 0.2) is 6.61 Å². The molecule has 56 heavy (non-hydrogen) atoms. The Morgan fingerprint density at radius 3 is 1.30 bits per heavy atom. The summed E-state index contributed by atoms with van der Waals surface area (Å²) in [5, 5.41) is 9.06. The van der Waals surface area contributed by atoms with Crippen molar-refractivity contribution in [1.29, 1.82) is 0 Å². The summed E-state index contributed by atoms with van der Waals surface area (Å²) in [6.45, 7) is 23.7. The number of carbonyl (C=O) groups is 5. The first-order chi connectivity index (χ1) is 25.6. The van der Waals surface area contributed by atoms with Gasteiger partial charge in [-0.25, -0.2) is 4.79 Å². The van der Waals surface area contributed by atoms with Gasteiger partial charge >= 0.3 is 29.8 Å². The lowest BCUT2D eigenvalue weighted by molar-refractivity contribution is -0.160. The first-order valence-corrected chi connectivity index (χ1v) is 19.4. The van der Waals surface area contributed by atoms with Crippen molar-refractivity contribution in [3.8, 4) is 5.75 Å². The third kappa shape index (κ3) is 22.1. The molecule has 0 aromatic heterocycles. The second-order valence-corrected chi connectivity index (χ2v) is 18.3. The lowest BCUT2D eigenvalue weighted by Gasteiger charge is -2.38. The summed E-state index contributed by atoms with van der Waals surface area (Å²) in [6.07, 6.45) is 0.431. The molecule has 2 rings (SSSR count). The van der Waals surface area contributed by atoms with E-state index in [1.807, 2.05) is 94.0 Å². The molecule has 1 saturated heterocycles. The number of carbonyl (C=O) groups excluding carboxylic acids is 4. The predicted octanol–water partition coefficient (Wildman–Crippen LogP) is 3.65. The molecule has 0 spiro atoms. The summed E-state index contributed by atoms with van der Waals surface area (Å²) in [7, 11) is 0. The molecule has 0 radical (unpaired) electrons. The monoisotopic (exact) mass is 792 g/mol. The highest BCUT2D eigenvalue weighted by atomic mass is 16.6. The van der Waals surface area contributed by atoms with Crippen LogP contribution in [0.15, 0.2) is 24.3 Å². The van der Waals surface area contributed by atoms with Crippen LogP contribution in [0.3, 0.4) is 0 Å². The van der Waals surface area contributed by atoms with E-state index >= 15 is 0 Å². The average Bonchev–Trinajstić information content (AvgIpc) is 2.98. The summed E-state index contributed by atoms with van der Waals surface area (Å²) in [5.41, 5.74) is -1.93. The highest BCUT2D eigenvalue weighted by Crippen LogP contribution is 2.19. The van der Waals surface area contributed by atoms with Crippen LogP contribution in [0.2, 0.25) is 0 Å². The average molecular weight is 793 g/mol. The van der Waals surface area contributed by atoms with Crippen LogP contribution >= 0.6 is 0 Å². The zero-order chi connectivity index (χ0) is 42.5. The van der Waals surface area contributed by atoms with Gasteiger partial charge in [0, 0.05) is 51.9 Å². The molecule has 0 bridgehead atoms. The van der Waals surface area contributed by atoms with Gasteiger partial charge in [0.2, 0.25) is 0 Å². The van der Waals surface area contributed by atoms with Crippen molar-refractivity contribution in [2.75, 3.05) is 78.6 Å². The lowest BCUT2D eigenvalue weighted by atomic mass is 10.0. The van der Waals surface area contributed by atoms with E-state index in [2.05, 4.69) is 0 Å². The Hall–Kier alpha value is -3.79. The number of carboxylic acids is 1. The number of carboxylic acid groups (broad SMARTS) is 1. The minimum Gasteiger partial charge on any atom is -0.482 e. The van der Waals surface area contributed by atoms with E-state index in [1.54, 1.807) is 32.9 Å². The standard InChI is InChI=1S/C41H68N4O11/c1-38(2,3)53-34(48)25-42-17-18-43(26-35(49)54-39(4,5)6)21-22-45(28-37(51)56-41(10,11)12)31(23-30-13-15-32(16-14-30)52-29-33(46)47)24-44(20-19-42)27-36(50)55-40(7,8)9/h13-16,31H,17-29H2,1-12H3,(H,46,47). The van der Waals surface area contributed by atoms with Crippen molar-refractivity contribution in [2.45, 2.75) is 118 Å². The fourth-order valence-electron chi connectivity index (χ4n) is 5.96. The van der Waals surface area contributed by atoms with Crippen molar-refractivity contribution in [2.24, 2.45) is 0 Å². The van der Waals surface area contributed by atoms with Crippen LogP contribution < -0.4 is 4.74 Å². The highest BCUT2D eigenvalue weighted by molar-refractivity contribution is 5.73. The Balaban J connectivity index is 2.62. The third-order valence-electron chi connectivity index (χ3n) is 7.98. The van der Waals surface area contributed by atoms with Gasteiger partial charge in [0.1, 0.15) is 28.2 Å². The molecule has 1 aromatic carbocycles. The SMILES string of the molecule is CC(C)(C)OC(=O)CN1CCN(CC(=O)OC(C)(C)C)CCN(CC(=O)OC(C)(C)C)C(Cc2ccc(OCC(=O)O)cc2)CN(CC(=O)OC(C)(C)C)CC1. The molecule has 1 aliphatic heterocycles. The number of esters is 4. The Kier molecular flexibility index (Phi) is 18.2. The van der Waals surface area contributed by atoms with Crippen molar-refractivity contribution in [3.05, 3.63) is 29.8 Å².